The van der Waals surface area contributed by atoms with Crippen molar-refractivity contribution in [3.63, 3.8) is 0 Å². The van der Waals surface area contributed by atoms with Crippen molar-refractivity contribution < 1.29 is 13.2 Å². The summed E-state index contributed by atoms with van der Waals surface area (Å²) in [5.41, 5.74) is 0.0732. The summed E-state index contributed by atoms with van der Waals surface area (Å²) >= 11 is 0. The molecule has 2 heterocycles. The number of rotatable bonds is 3. The van der Waals surface area contributed by atoms with E-state index in [1.807, 2.05) is 13.8 Å². The van der Waals surface area contributed by atoms with Crippen LogP contribution in [0.15, 0.2) is 29.2 Å². The van der Waals surface area contributed by atoms with E-state index in [9.17, 15) is 8.42 Å². The minimum Gasteiger partial charge on any atom is -0.378 e. The van der Waals surface area contributed by atoms with E-state index >= 15 is 0 Å². The molecular formula is C14H19N5O3S. The van der Waals surface area contributed by atoms with Crippen LogP contribution >= 0.6 is 0 Å². The van der Waals surface area contributed by atoms with Crippen LogP contribution < -0.4 is 0 Å². The monoisotopic (exact) mass is 337 g/mol. The molecule has 0 radical (unpaired) electrons. The highest BCUT2D eigenvalue weighted by molar-refractivity contribution is 7.89. The molecule has 9 heteroatoms. The number of nitrogens with zero attached hydrogens (tertiary/aromatic N) is 5. The van der Waals surface area contributed by atoms with Crippen molar-refractivity contribution in [2.75, 3.05) is 19.8 Å². The third-order valence-electron chi connectivity index (χ3n) is 3.87. The van der Waals surface area contributed by atoms with Crippen LogP contribution in [0.5, 0.6) is 0 Å². The molecule has 0 unspecified atom stereocenters. The van der Waals surface area contributed by atoms with Crippen molar-refractivity contribution in [3.05, 3.63) is 24.3 Å². The molecule has 1 aliphatic heterocycles. The van der Waals surface area contributed by atoms with Crippen molar-refractivity contribution in [1.29, 1.82) is 0 Å². The fourth-order valence-electron chi connectivity index (χ4n) is 2.69. The van der Waals surface area contributed by atoms with Crippen LogP contribution in [0.2, 0.25) is 0 Å². The minimum absolute atomic E-state index is 0.230. The molecule has 8 nitrogen and oxygen atoms in total. The van der Waals surface area contributed by atoms with E-state index < -0.39 is 15.6 Å². The molecule has 124 valence electrons. The van der Waals surface area contributed by atoms with Gasteiger partial charge in [0.15, 0.2) is 5.82 Å². The quantitative estimate of drug-likeness (QED) is 0.818. The lowest BCUT2D eigenvalue weighted by Gasteiger charge is -2.40. The Bertz CT molecular complexity index is 815. The summed E-state index contributed by atoms with van der Waals surface area (Å²) in [6.45, 7) is 4.83. The molecule has 0 saturated carbocycles. The first-order valence-corrected chi connectivity index (χ1v) is 8.70. The van der Waals surface area contributed by atoms with Crippen LogP contribution in [0.4, 0.5) is 0 Å². The second kappa shape index (κ2) is 5.66. The highest BCUT2D eigenvalue weighted by atomic mass is 32.2. The molecule has 0 amide bonds. The van der Waals surface area contributed by atoms with Gasteiger partial charge in [0.1, 0.15) is 0 Å². The fraction of sp³-hybridized carbons (Fsp3) is 0.500. The molecule has 23 heavy (non-hydrogen) atoms. The molecule has 1 aromatic heterocycles. The van der Waals surface area contributed by atoms with E-state index in [4.69, 9.17) is 4.74 Å². The van der Waals surface area contributed by atoms with Crippen LogP contribution in [0.1, 0.15) is 13.8 Å². The van der Waals surface area contributed by atoms with Gasteiger partial charge >= 0.3 is 0 Å². The van der Waals surface area contributed by atoms with Gasteiger partial charge in [-0.3, -0.25) is 0 Å². The van der Waals surface area contributed by atoms with Gasteiger partial charge in [-0.25, -0.2) is 13.1 Å². The van der Waals surface area contributed by atoms with Gasteiger partial charge in [0.2, 0.25) is 10.0 Å². The first-order chi connectivity index (χ1) is 10.8. The maximum Gasteiger partial charge on any atom is 0.243 e. The Morgan fingerprint density at radius 1 is 1.30 bits per heavy atom. The van der Waals surface area contributed by atoms with Gasteiger partial charge in [0.05, 0.1) is 23.6 Å². The van der Waals surface area contributed by atoms with Crippen LogP contribution in [0.25, 0.3) is 11.4 Å². The molecule has 0 N–H and O–H groups in total. The topological polar surface area (TPSA) is 90.2 Å². The predicted molar refractivity (Wildman–Crippen MR) is 83.0 cm³/mol. The highest BCUT2D eigenvalue weighted by Gasteiger charge is 2.39. The van der Waals surface area contributed by atoms with Gasteiger partial charge in [0, 0.05) is 19.2 Å². The van der Waals surface area contributed by atoms with Gasteiger partial charge in [0.25, 0.3) is 0 Å². The van der Waals surface area contributed by atoms with Gasteiger partial charge in [-0.05, 0) is 36.4 Å². The van der Waals surface area contributed by atoms with Crippen LogP contribution in [0.3, 0.4) is 0 Å². The third-order valence-corrected chi connectivity index (χ3v) is 5.98. The zero-order valence-corrected chi connectivity index (χ0v) is 14.1. The molecule has 0 aliphatic carbocycles. The number of tetrazole rings is 1. The average Bonchev–Trinajstić information content (AvgIpc) is 2.93. The van der Waals surface area contributed by atoms with Crippen molar-refractivity contribution in [2.45, 2.75) is 24.3 Å². The Labute approximate surface area is 135 Å². The second-order valence-corrected chi connectivity index (χ2v) is 7.96. The number of hydrogen-bond acceptors (Lipinski definition) is 6. The van der Waals surface area contributed by atoms with Gasteiger partial charge in [-0.15, -0.1) is 5.10 Å². The Morgan fingerprint density at radius 3 is 2.74 bits per heavy atom. The minimum atomic E-state index is -3.62. The van der Waals surface area contributed by atoms with E-state index in [-0.39, 0.29) is 4.90 Å². The Balaban J connectivity index is 2.03. The SMILES string of the molecule is Cn1nnnc1-c1cccc(S(=O)(=O)N2CCOCC2(C)C)c1. The highest BCUT2D eigenvalue weighted by Crippen LogP contribution is 2.29. The Morgan fingerprint density at radius 2 is 2.09 bits per heavy atom. The van der Waals surface area contributed by atoms with Crippen LogP contribution in [0, 0.1) is 0 Å². The summed E-state index contributed by atoms with van der Waals surface area (Å²) in [5, 5.41) is 11.3. The molecule has 2 aromatic rings. The van der Waals surface area contributed by atoms with Gasteiger partial charge in [-0.1, -0.05) is 12.1 Å². The van der Waals surface area contributed by atoms with Crippen LogP contribution in [-0.4, -0.2) is 58.2 Å². The van der Waals surface area contributed by atoms with Crippen molar-refractivity contribution >= 4 is 10.0 Å². The van der Waals surface area contributed by atoms with E-state index in [1.165, 1.54) is 8.99 Å². The summed E-state index contributed by atoms with van der Waals surface area (Å²) in [6, 6.07) is 6.68. The average molecular weight is 337 g/mol. The number of aryl methyl sites for hydroxylation is 1. The van der Waals surface area contributed by atoms with E-state index in [2.05, 4.69) is 15.5 Å². The second-order valence-electron chi connectivity index (χ2n) is 6.10. The zero-order chi connectivity index (χ0) is 16.7. The molecular weight excluding hydrogens is 318 g/mol. The predicted octanol–water partition coefficient (Wildman–Crippen LogP) is 0.677. The molecule has 0 spiro atoms. The van der Waals surface area contributed by atoms with Crippen molar-refractivity contribution in [3.8, 4) is 11.4 Å². The smallest absolute Gasteiger partial charge is 0.243 e. The summed E-state index contributed by atoms with van der Waals surface area (Å²) < 4.78 is 34.5. The third kappa shape index (κ3) is 2.87. The lowest BCUT2D eigenvalue weighted by atomic mass is 10.1. The lowest BCUT2D eigenvalue weighted by molar-refractivity contribution is -0.00770. The fourth-order valence-corrected chi connectivity index (χ4v) is 4.49. The maximum absolute atomic E-state index is 13.0. The standard InChI is InChI=1S/C14H19N5O3S/c1-14(2)10-22-8-7-19(14)23(20,21)12-6-4-5-11(9-12)13-15-16-17-18(13)3/h4-6,9H,7-8,10H2,1-3H3. The summed E-state index contributed by atoms with van der Waals surface area (Å²) in [4.78, 5) is 0.230. The molecule has 3 rings (SSSR count). The normalized spacial score (nSPS) is 18.9. The molecule has 0 atom stereocenters. The van der Waals surface area contributed by atoms with E-state index in [0.29, 0.717) is 31.1 Å². The summed E-state index contributed by atoms with van der Waals surface area (Å²) in [6.07, 6.45) is 0. The number of benzene rings is 1. The number of ether oxygens (including phenoxy) is 1. The number of morpholine rings is 1. The van der Waals surface area contributed by atoms with Crippen LogP contribution in [-0.2, 0) is 21.8 Å². The number of sulfonamides is 1. The van der Waals surface area contributed by atoms with Gasteiger partial charge < -0.3 is 4.74 Å². The zero-order valence-electron chi connectivity index (χ0n) is 13.3. The van der Waals surface area contributed by atoms with E-state index in [1.54, 1.807) is 31.3 Å². The van der Waals surface area contributed by atoms with Crippen molar-refractivity contribution in [1.82, 2.24) is 24.5 Å². The van der Waals surface area contributed by atoms with Gasteiger partial charge in [-0.2, -0.15) is 4.31 Å². The first-order valence-electron chi connectivity index (χ1n) is 7.26. The summed E-state index contributed by atoms with van der Waals surface area (Å²) in [7, 11) is -1.91. The first kappa shape index (κ1) is 16.0. The maximum atomic E-state index is 13.0. The molecule has 1 aliphatic rings. The van der Waals surface area contributed by atoms with Crippen molar-refractivity contribution in [2.24, 2.45) is 7.05 Å². The number of aromatic nitrogens is 4. The molecule has 1 aromatic carbocycles. The summed E-state index contributed by atoms with van der Waals surface area (Å²) in [5.74, 6) is 0.517. The largest absolute Gasteiger partial charge is 0.378 e. The number of hydrogen-bond donors (Lipinski definition) is 0. The molecule has 1 saturated heterocycles. The molecule has 0 bridgehead atoms. The lowest BCUT2D eigenvalue weighted by Crippen LogP contribution is -2.55. The van der Waals surface area contributed by atoms with E-state index in [0.717, 1.165) is 0 Å². The Hall–Kier alpha value is -1.84. The molecule has 1 fully saturated rings. The Kier molecular flexibility index (Phi) is 3.95.